The maximum Gasteiger partial charge on any atom is 0.410 e. The van der Waals surface area contributed by atoms with Gasteiger partial charge in [0.2, 0.25) is 0 Å². The van der Waals surface area contributed by atoms with Gasteiger partial charge >= 0.3 is 6.09 Å². The Kier molecular flexibility index (Phi) is 5.54. The Labute approximate surface area is 149 Å². The van der Waals surface area contributed by atoms with E-state index in [1.807, 2.05) is 61.6 Å². The molecule has 1 aromatic rings. The van der Waals surface area contributed by atoms with E-state index in [4.69, 9.17) is 4.74 Å². The number of nitrogens with one attached hydrogen (secondary N) is 1. The standard InChI is InChI=1S/C21H24N2O2/c1-16(18-10-6-3-4-7-11-18)22-14-20-15-23(21(24)25-20)17(2)19-12-8-5-9-13-19/h3,5-13,16-17,20,22H,14-15H2,1-2H3. The van der Waals surface area contributed by atoms with Crippen LogP contribution in [-0.4, -0.2) is 36.2 Å². The maximum atomic E-state index is 12.2. The molecule has 1 heterocycles. The molecule has 3 atom stereocenters. The number of rotatable bonds is 6. The van der Waals surface area contributed by atoms with Crippen LogP contribution in [0.5, 0.6) is 0 Å². The van der Waals surface area contributed by atoms with E-state index in [0.29, 0.717) is 13.1 Å². The van der Waals surface area contributed by atoms with Gasteiger partial charge in [0.1, 0.15) is 6.10 Å². The van der Waals surface area contributed by atoms with Crippen molar-refractivity contribution in [3.8, 4) is 0 Å². The summed E-state index contributed by atoms with van der Waals surface area (Å²) in [5, 5.41) is 3.46. The molecule has 130 valence electrons. The molecule has 3 rings (SSSR count). The number of nitrogens with zero attached hydrogens (tertiary/aromatic N) is 1. The number of carbonyl (C=O) groups excluding carboxylic acids is 1. The van der Waals surface area contributed by atoms with Crippen molar-refractivity contribution in [2.24, 2.45) is 0 Å². The molecule has 0 radical (unpaired) electrons. The van der Waals surface area contributed by atoms with E-state index >= 15 is 0 Å². The second kappa shape index (κ2) is 8.02. The fourth-order valence-electron chi connectivity index (χ4n) is 3.06. The third-order valence-electron chi connectivity index (χ3n) is 4.66. The summed E-state index contributed by atoms with van der Waals surface area (Å²) in [4.78, 5) is 14.0. The molecule has 1 aliphatic heterocycles. The smallest absolute Gasteiger partial charge is 0.410 e. The molecule has 0 spiro atoms. The number of allylic oxidation sites excluding steroid dienone is 3. The van der Waals surface area contributed by atoms with Crippen LogP contribution < -0.4 is 5.32 Å². The first-order valence-electron chi connectivity index (χ1n) is 8.70. The SMILES string of the molecule is CC(NCC1CN(C(C)c2ccccc2)C(=O)O1)C1=CC=C=CC=C1. The van der Waals surface area contributed by atoms with E-state index < -0.39 is 0 Å². The number of carbonyl (C=O) groups is 1. The third kappa shape index (κ3) is 4.30. The van der Waals surface area contributed by atoms with Crippen LogP contribution in [0.1, 0.15) is 25.5 Å². The Balaban J connectivity index is 1.54. The van der Waals surface area contributed by atoms with E-state index in [0.717, 1.165) is 5.56 Å². The topological polar surface area (TPSA) is 41.6 Å². The second-order valence-electron chi connectivity index (χ2n) is 6.40. The molecule has 1 aromatic carbocycles. The molecule has 1 saturated heterocycles. The minimum atomic E-state index is -0.239. The van der Waals surface area contributed by atoms with Crippen LogP contribution >= 0.6 is 0 Å². The highest BCUT2D eigenvalue weighted by molar-refractivity contribution is 5.70. The second-order valence-corrected chi connectivity index (χ2v) is 6.40. The van der Waals surface area contributed by atoms with Crippen LogP contribution in [0, 0.1) is 0 Å². The lowest BCUT2D eigenvalue weighted by atomic mass is 10.1. The van der Waals surface area contributed by atoms with Gasteiger partial charge in [-0.3, -0.25) is 4.90 Å². The molecule has 4 nitrogen and oxygen atoms in total. The van der Waals surface area contributed by atoms with E-state index in [1.54, 1.807) is 4.90 Å². The zero-order valence-electron chi connectivity index (χ0n) is 14.7. The number of hydrogen-bond acceptors (Lipinski definition) is 3. The summed E-state index contributed by atoms with van der Waals surface area (Å²) in [5.41, 5.74) is 5.35. The Hall–Kier alpha value is -2.55. The van der Waals surface area contributed by atoms with E-state index in [9.17, 15) is 4.79 Å². The molecule has 0 bridgehead atoms. The predicted octanol–water partition coefficient (Wildman–Crippen LogP) is 3.75. The zero-order valence-corrected chi connectivity index (χ0v) is 14.7. The van der Waals surface area contributed by atoms with Gasteiger partial charge in [-0.2, -0.15) is 0 Å². The Morgan fingerprint density at radius 3 is 2.88 bits per heavy atom. The number of hydrogen-bond donors (Lipinski definition) is 1. The predicted molar refractivity (Wildman–Crippen MR) is 99.2 cm³/mol. The van der Waals surface area contributed by atoms with Crippen molar-refractivity contribution in [2.45, 2.75) is 32.0 Å². The molecule has 1 fully saturated rings. The highest BCUT2D eigenvalue weighted by atomic mass is 16.6. The first-order chi connectivity index (χ1) is 12.1. The highest BCUT2D eigenvalue weighted by Crippen LogP contribution is 2.25. The molecule has 0 aromatic heterocycles. The van der Waals surface area contributed by atoms with Gasteiger partial charge < -0.3 is 10.1 Å². The van der Waals surface area contributed by atoms with Crippen molar-refractivity contribution in [1.82, 2.24) is 10.2 Å². The van der Waals surface area contributed by atoms with Gasteiger partial charge in [-0.05, 0) is 43.2 Å². The summed E-state index contributed by atoms with van der Waals surface area (Å²) in [6.45, 7) is 5.38. The van der Waals surface area contributed by atoms with Crippen LogP contribution in [0.3, 0.4) is 0 Å². The minimum Gasteiger partial charge on any atom is -0.443 e. The Bertz CT molecular complexity index is 730. The molecule has 2 aliphatic rings. The van der Waals surface area contributed by atoms with Gasteiger partial charge in [-0.1, -0.05) is 42.5 Å². The summed E-state index contributed by atoms with van der Waals surface area (Å²) >= 11 is 0. The van der Waals surface area contributed by atoms with Crippen molar-refractivity contribution >= 4 is 6.09 Å². The Morgan fingerprint density at radius 2 is 2.08 bits per heavy atom. The minimum absolute atomic E-state index is 0.0137. The van der Waals surface area contributed by atoms with Gasteiger partial charge in [-0.25, -0.2) is 4.79 Å². The van der Waals surface area contributed by atoms with Crippen molar-refractivity contribution in [1.29, 1.82) is 0 Å². The molecular formula is C21H24N2O2. The molecule has 0 saturated carbocycles. The summed E-state index contributed by atoms with van der Waals surface area (Å²) < 4.78 is 5.54. The monoisotopic (exact) mass is 336 g/mol. The number of amides is 1. The van der Waals surface area contributed by atoms with Crippen molar-refractivity contribution < 1.29 is 9.53 Å². The van der Waals surface area contributed by atoms with Crippen molar-refractivity contribution in [3.63, 3.8) is 0 Å². The largest absolute Gasteiger partial charge is 0.443 e. The van der Waals surface area contributed by atoms with Gasteiger partial charge in [0.25, 0.3) is 0 Å². The molecule has 1 N–H and O–H groups in total. The number of cyclic esters (lactones) is 1. The van der Waals surface area contributed by atoms with Crippen LogP contribution in [0.25, 0.3) is 0 Å². The van der Waals surface area contributed by atoms with E-state index in [2.05, 4.69) is 24.0 Å². The lowest BCUT2D eigenvalue weighted by Gasteiger charge is -2.22. The highest BCUT2D eigenvalue weighted by Gasteiger charge is 2.34. The van der Waals surface area contributed by atoms with Crippen LogP contribution in [0.2, 0.25) is 0 Å². The summed E-state index contributed by atoms with van der Waals surface area (Å²) in [6, 6.07) is 10.2. The number of benzene rings is 1. The average Bonchev–Trinajstić information content (AvgIpc) is 2.84. The van der Waals surface area contributed by atoms with Crippen LogP contribution in [0.4, 0.5) is 4.79 Å². The molecule has 25 heavy (non-hydrogen) atoms. The fraction of sp³-hybridized carbons (Fsp3) is 0.333. The lowest BCUT2D eigenvalue weighted by molar-refractivity contribution is 0.127. The molecular weight excluding hydrogens is 312 g/mol. The van der Waals surface area contributed by atoms with E-state index in [1.165, 1.54) is 5.57 Å². The maximum absolute atomic E-state index is 12.2. The molecule has 1 aliphatic carbocycles. The summed E-state index contributed by atoms with van der Waals surface area (Å²) in [5.74, 6) is 0. The van der Waals surface area contributed by atoms with Gasteiger partial charge in [-0.15, -0.1) is 5.73 Å². The average molecular weight is 336 g/mol. The first-order valence-corrected chi connectivity index (χ1v) is 8.70. The fourth-order valence-corrected chi connectivity index (χ4v) is 3.06. The third-order valence-corrected chi connectivity index (χ3v) is 4.66. The quantitative estimate of drug-likeness (QED) is 0.804. The number of ether oxygens (including phenoxy) is 1. The van der Waals surface area contributed by atoms with Crippen LogP contribution in [0.15, 0.2) is 72.0 Å². The first kappa shape index (κ1) is 17.3. The van der Waals surface area contributed by atoms with Crippen molar-refractivity contribution in [3.05, 3.63) is 77.6 Å². The van der Waals surface area contributed by atoms with Crippen molar-refractivity contribution in [2.75, 3.05) is 13.1 Å². The summed E-state index contributed by atoms with van der Waals surface area (Å²) in [6.07, 6.45) is 9.51. The molecule has 4 heteroatoms. The zero-order chi connectivity index (χ0) is 17.6. The molecule has 3 unspecified atom stereocenters. The molecule has 1 amide bonds. The van der Waals surface area contributed by atoms with Gasteiger partial charge in [0.15, 0.2) is 0 Å². The lowest BCUT2D eigenvalue weighted by Crippen LogP contribution is -2.37. The normalized spacial score (nSPS) is 21.7. The van der Waals surface area contributed by atoms with Crippen LogP contribution in [-0.2, 0) is 4.74 Å². The van der Waals surface area contributed by atoms with E-state index in [-0.39, 0.29) is 24.3 Å². The van der Waals surface area contributed by atoms with Gasteiger partial charge in [0, 0.05) is 12.6 Å². The van der Waals surface area contributed by atoms with Gasteiger partial charge in [0.05, 0.1) is 12.6 Å². The Morgan fingerprint density at radius 1 is 1.28 bits per heavy atom. The summed E-state index contributed by atoms with van der Waals surface area (Å²) in [7, 11) is 0.